The van der Waals surface area contributed by atoms with E-state index < -0.39 is 0 Å². The molecule has 68 valence electrons. The zero-order valence-electron chi connectivity index (χ0n) is 6.30. The first-order chi connectivity index (χ1) is 5.16. The van der Waals surface area contributed by atoms with Crippen LogP contribution in [0.1, 0.15) is 0 Å². The Bertz CT molecular complexity index is 278. The molecule has 12 heavy (non-hydrogen) atoms. The zero-order chi connectivity index (χ0) is 8.43. The normalized spacial score (nSPS) is 8.92. The Morgan fingerprint density at radius 3 is 2.42 bits per heavy atom. The second-order valence-electron chi connectivity index (χ2n) is 1.98. The average molecular weight is 229 g/mol. The van der Waals surface area contributed by atoms with Crippen LogP contribution >= 0.6 is 35.6 Å². The molecule has 0 saturated heterocycles. The van der Waals surface area contributed by atoms with Crippen LogP contribution < -0.4 is 10.5 Å². The topological polar surface area (TPSA) is 35.2 Å². The lowest BCUT2D eigenvalue weighted by Gasteiger charge is -2.05. The lowest BCUT2D eigenvalue weighted by molar-refractivity contribution is 0.415. The van der Waals surface area contributed by atoms with E-state index >= 15 is 0 Å². The molecule has 0 aliphatic rings. The molecule has 1 rings (SSSR count). The summed E-state index contributed by atoms with van der Waals surface area (Å²) in [4.78, 5) is 0. The first-order valence-electron chi connectivity index (χ1n) is 2.94. The molecule has 0 fully saturated rings. The van der Waals surface area contributed by atoms with E-state index in [-0.39, 0.29) is 12.4 Å². The summed E-state index contributed by atoms with van der Waals surface area (Å²) in [7, 11) is 1.52. The number of benzene rings is 1. The highest BCUT2D eigenvalue weighted by Gasteiger charge is 2.06. The van der Waals surface area contributed by atoms with Crippen LogP contribution in [0.5, 0.6) is 5.75 Å². The number of methoxy groups -OCH3 is 1. The summed E-state index contributed by atoms with van der Waals surface area (Å²) in [6, 6.07) is 3.31. The van der Waals surface area contributed by atoms with Crippen LogP contribution in [-0.4, -0.2) is 7.11 Å². The molecule has 0 heterocycles. The Morgan fingerprint density at radius 2 is 1.92 bits per heavy atom. The third-order valence-electron chi connectivity index (χ3n) is 1.31. The molecule has 0 aliphatic carbocycles. The minimum atomic E-state index is 0. The number of ether oxygens (including phenoxy) is 1. The van der Waals surface area contributed by atoms with Gasteiger partial charge in [0.25, 0.3) is 0 Å². The van der Waals surface area contributed by atoms with E-state index in [1.54, 1.807) is 12.1 Å². The first-order valence-corrected chi connectivity index (χ1v) is 3.70. The monoisotopic (exact) mass is 227 g/mol. The number of nitrogen functional groups attached to an aromatic ring is 1. The molecule has 5 heteroatoms. The highest BCUT2D eigenvalue weighted by Crippen LogP contribution is 2.34. The summed E-state index contributed by atoms with van der Waals surface area (Å²) in [5.41, 5.74) is 5.87. The average Bonchev–Trinajstić information content (AvgIpc) is 2.01. The van der Waals surface area contributed by atoms with E-state index in [4.69, 9.17) is 33.7 Å². The minimum Gasteiger partial charge on any atom is -0.495 e. The fourth-order valence-electron chi connectivity index (χ4n) is 0.707. The van der Waals surface area contributed by atoms with Gasteiger partial charge in [-0.3, -0.25) is 0 Å². The fourth-order valence-corrected chi connectivity index (χ4v) is 1.15. The van der Waals surface area contributed by atoms with Crippen molar-refractivity contribution in [2.45, 2.75) is 0 Å². The molecule has 0 amide bonds. The van der Waals surface area contributed by atoms with Crippen molar-refractivity contribution in [3.05, 3.63) is 22.2 Å². The van der Waals surface area contributed by atoms with E-state index in [2.05, 4.69) is 0 Å². The highest BCUT2D eigenvalue weighted by molar-refractivity contribution is 6.39. The zero-order valence-corrected chi connectivity index (χ0v) is 8.63. The summed E-state index contributed by atoms with van der Waals surface area (Å²) in [5, 5.41) is 0.802. The van der Waals surface area contributed by atoms with E-state index in [0.29, 0.717) is 21.5 Å². The SMILES string of the molecule is COc1ccc(Cl)c(N)c1Cl.Cl. The molecule has 1 aromatic rings. The minimum absolute atomic E-state index is 0. The lowest BCUT2D eigenvalue weighted by Crippen LogP contribution is -1.91. The van der Waals surface area contributed by atoms with Crippen LogP contribution in [0.3, 0.4) is 0 Å². The fraction of sp³-hybridized carbons (Fsp3) is 0.143. The molecule has 1 aromatic carbocycles. The van der Waals surface area contributed by atoms with Gasteiger partial charge in [-0.25, -0.2) is 0 Å². The maximum absolute atomic E-state index is 5.76. The summed E-state index contributed by atoms with van der Waals surface area (Å²) >= 11 is 11.4. The molecule has 0 atom stereocenters. The van der Waals surface area contributed by atoms with Crippen LogP contribution in [0.25, 0.3) is 0 Å². The van der Waals surface area contributed by atoms with Gasteiger partial charge in [0.05, 0.1) is 17.8 Å². The highest BCUT2D eigenvalue weighted by atomic mass is 35.5. The Labute approximate surface area is 87.0 Å². The first kappa shape index (κ1) is 11.7. The standard InChI is InChI=1S/C7H7Cl2NO.ClH/c1-11-5-3-2-4(8)7(10)6(5)9;/h2-3H,10H2,1H3;1H. The van der Waals surface area contributed by atoms with Crippen molar-refractivity contribution in [2.75, 3.05) is 12.8 Å². The van der Waals surface area contributed by atoms with Gasteiger partial charge in [-0.05, 0) is 12.1 Å². The van der Waals surface area contributed by atoms with Crippen molar-refractivity contribution in [1.82, 2.24) is 0 Å². The smallest absolute Gasteiger partial charge is 0.139 e. The van der Waals surface area contributed by atoms with Crippen LogP contribution in [0.2, 0.25) is 10.0 Å². The third kappa shape index (κ3) is 2.09. The van der Waals surface area contributed by atoms with Crippen molar-refractivity contribution < 1.29 is 4.74 Å². The van der Waals surface area contributed by atoms with Crippen LogP contribution in [0.15, 0.2) is 12.1 Å². The second-order valence-corrected chi connectivity index (χ2v) is 2.76. The van der Waals surface area contributed by atoms with Crippen molar-refractivity contribution in [2.24, 2.45) is 0 Å². The van der Waals surface area contributed by atoms with Gasteiger partial charge in [0.15, 0.2) is 0 Å². The molecule has 0 bridgehead atoms. The van der Waals surface area contributed by atoms with Crippen LogP contribution in [0, 0.1) is 0 Å². The molecule has 0 unspecified atom stereocenters. The lowest BCUT2D eigenvalue weighted by atomic mass is 10.3. The summed E-state index contributed by atoms with van der Waals surface area (Å²) < 4.78 is 4.91. The molecule has 2 nitrogen and oxygen atoms in total. The third-order valence-corrected chi connectivity index (χ3v) is 2.03. The van der Waals surface area contributed by atoms with Gasteiger partial charge in [-0.2, -0.15) is 0 Å². The Morgan fingerprint density at radius 1 is 1.33 bits per heavy atom. The molecule has 2 N–H and O–H groups in total. The molecule has 0 spiro atoms. The van der Waals surface area contributed by atoms with Gasteiger partial charge in [-0.1, -0.05) is 23.2 Å². The predicted molar refractivity (Wildman–Crippen MR) is 54.7 cm³/mol. The van der Waals surface area contributed by atoms with Gasteiger partial charge in [-0.15, -0.1) is 12.4 Å². The summed E-state index contributed by atoms with van der Waals surface area (Å²) in [6.07, 6.45) is 0. The van der Waals surface area contributed by atoms with Crippen molar-refractivity contribution in [3.8, 4) is 5.75 Å². The molecule has 0 aliphatic heterocycles. The molecule has 0 radical (unpaired) electrons. The van der Waals surface area contributed by atoms with Gasteiger partial charge in [0, 0.05) is 0 Å². The molecule has 0 aromatic heterocycles. The second kappa shape index (κ2) is 4.65. The van der Waals surface area contributed by atoms with Gasteiger partial charge < -0.3 is 10.5 Å². The van der Waals surface area contributed by atoms with Crippen molar-refractivity contribution in [3.63, 3.8) is 0 Å². The predicted octanol–water partition coefficient (Wildman–Crippen LogP) is 3.01. The quantitative estimate of drug-likeness (QED) is 0.750. The summed E-state index contributed by atoms with van der Waals surface area (Å²) in [6.45, 7) is 0. The molecule has 0 saturated carbocycles. The van der Waals surface area contributed by atoms with E-state index in [1.165, 1.54) is 7.11 Å². The van der Waals surface area contributed by atoms with Crippen LogP contribution in [-0.2, 0) is 0 Å². The summed E-state index contributed by atoms with van der Waals surface area (Å²) in [5.74, 6) is 0.536. The number of nitrogens with two attached hydrogens (primary N) is 1. The number of hydrogen-bond donors (Lipinski definition) is 1. The van der Waals surface area contributed by atoms with Gasteiger partial charge >= 0.3 is 0 Å². The number of halogens is 3. The van der Waals surface area contributed by atoms with E-state index in [9.17, 15) is 0 Å². The Hall–Kier alpha value is -0.310. The van der Waals surface area contributed by atoms with Crippen molar-refractivity contribution >= 4 is 41.3 Å². The van der Waals surface area contributed by atoms with Crippen LogP contribution in [0.4, 0.5) is 5.69 Å². The maximum Gasteiger partial charge on any atom is 0.139 e. The van der Waals surface area contributed by atoms with Crippen molar-refractivity contribution in [1.29, 1.82) is 0 Å². The number of hydrogen-bond acceptors (Lipinski definition) is 2. The van der Waals surface area contributed by atoms with Gasteiger partial charge in [0.1, 0.15) is 10.8 Å². The maximum atomic E-state index is 5.76. The van der Waals surface area contributed by atoms with E-state index in [0.717, 1.165) is 0 Å². The number of anilines is 1. The molecular formula is C7H8Cl3NO. The molecular weight excluding hydrogens is 220 g/mol. The van der Waals surface area contributed by atoms with E-state index in [1.807, 2.05) is 0 Å². The Kier molecular flexibility index (Phi) is 4.53. The number of rotatable bonds is 1. The van der Waals surface area contributed by atoms with Gasteiger partial charge in [0.2, 0.25) is 0 Å². The largest absolute Gasteiger partial charge is 0.495 e. The Balaban J connectivity index is 0.00000121.